The number of halogens is 4. The Kier molecular flexibility index (Phi) is 4.23. The van der Waals surface area contributed by atoms with E-state index in [2.05, 4.69) is 4.98 Å². The lowest BCUT2D eigenvalue weighted by Gasteiger charge is -2.35. The zero-order chi connectivity index (χ0) is 14.0. The van der Waals surface area contributed by atoms with Gasteiger partial charge in [-0.05, 0) is 25.0 Å². The van der Waals surface area contributed by atoms with Crippen LogP contribution in [0.5, 0.6) is 0 Å². The van der Waals surface area contributed by atoms with Crippen LogP contribution in [0.1, 0.15) is 31.4 Å². The van der Waals surface area contributed by atoms with Gasteiger partial charge in [0.15, 0.2) is 0 Å². The third kappa shape index (κ3) is 3.32. The van der Waals surface area contributed by atoms with Gasteiger partial charge >= 0.3 is 6.18 Å². The SMILES string of the molecule is CN(c1cccc(C(F)(F)F)n1)C1CCCCC1Cl. The summed E-state index contributed by atoms with van der Waals surface area (Å²) in [7, 11) is 1.76. The van der Waals surface area contributed by atoms with Crippen LogP contribution in [0.3, 0.4) is 0 Å². The fourth-order valence-corrected chi connectivity index (χ4v) is 2.90. The molecule has 19 heavy (non-hydrogen) atoms. The topological polar surface area (TPSA) is 16.1 Å². The molecule has 1 aliphatic carbocycles. The van der Waals surface area contributed by atoms with Crippen molar-refractivity contribution in [1.82, 2.24) is 4.98 Å². The first-order valence-electron chi connectivity index (χ1n) is 6.31. The summed E-state index contributed by atoms with van der Waals surface area (Å²) in [6.07, 6.45) is -0.492. The van der Waals surface area contributed by atoms with Crippen LogP contribution in [0, 0.1) is 0 Å². The highest BCUT2D eigenvalue weighted by atomic mass is 35.5. The van der Waals surface area contributed by atoms with Crippen molar-refractivity contribution in [2.75, 3.05) is 11.9 Å². The van der Waals surface area contributed by atoms with Crippen LogP contribution in [0.15, 0.2) is 18.2 Å². The van der Waals surface area contributed by atoms with E-state index in [1.807, 2.05) is 0 Å². The second-order valence-corrected chi connectivity index (χ2v) is 5.42. The molecule has 1 saturated carbocycles. The number of hydrogen-bond acceptors (Lipinski definition) is 2. The summed E-state index contributed by atoms with van der Waals surface area (Å²) in [6.45, 7) is 0. The lowest BCUT2D eigenvalue weighted by atomic mass is 9.94. The van der Waals surface area contributed by atoms with Gasteiger partial charge in [-0.2, -0.15) is 13.2 Å². The highest BCUT2D eigenvalue weighted by Crippen LogP contribution is 2.32. The Morgan fingerprint density at radius 2 is 1.95 bits per heavy atom. The van der Waals surface area contributed by atoms with Gasteiger partial charge in [0, 0.05) is 13.1 Å². The van der Waals surface area contributed by atoms with Crippen LogP contribution < -0.4 is 4.90 Å². The number of hydrogen-bond donors (Lipinski definition) is 0. The van der Waals surface area contributed by atoms with Crippen molar-refractivity contribution in [3.8, 4) is 0 Å². The summed E-state index contributed by atoms with van der Waals surface area (Å²) in [6, 6.07) is 4.00. The lowest BCUT2D eigenvalue weighted by molar-refractivity contribution is -0.141. The molecule has 0 spiro atoms. The minimum atomic E-state index is -4.41. The smallest absolute Gasteiger partial charge is 0.355 e. The summed E-state index contributed by atoms with van der Waals surface area (Å²) < 4.78 is 37.9. The molecule has 0 aromatic carbocycles. The predicted molar refractivity (Wildman–Crippen MR) is 69.5 cm³/mol. The minimum Gasteiger partial charge on any atom is -0.355 e. The van der Waals surface area contributed by atoms with Gasteiger partial charge in [-0.15, -0.1) is 11.6 Å². The molecule has 2 unspecified atom stereocenters. The summed E-state index contributed by atoms with van der Waals surface area (Å²) in [5.41, 5.74) is -0.862. The molecule has 0 bridgehead atoms. The van der Waals surface area contributed by atoms with E-state index in [0.29, 0.717) is 5.82 Å². The molecule has 2 rings (SSSR count). The van der Waals surface area contributed by atoms with E-state index in [9.17, 15) is 13.2 Å². The number of nitrogens with zero attached hydrogens (tertiary/aromatic N) is 2. The van der Waals surface area contributed by atoms with Crippen LogP contribution in [0.4, 0.5) is 19.0 Å². The van der Waals surface area contributed by atoms with Crippen LogP contribution in [-0.2, 0) is 6.18 Å². The molecule has 0 N–H and O–H groups in total. The van der Waals surface area contributed by atoms with E-state index in [4.69, 9.17) is 11.6 Å². The van der Waals surface area contributed by atoms with Crippen LogP contribution in [0.2, 0.25) is 0 Å². The maximum atomic E-state index is 12.6. The molecule has 0 aliphatic heterocycles. The predicted octanol–water partition coefficient (Wildman–Crippen LogP) is 4.09. The Hall–Kier alpha value is -0.970. The molecule has 0 amide bonds. The Balaban J connectivity index is 2.21. The van der Waals surface area contributed by atoms with Gasteiger partial charge in [-0.1, -0.05) is 18.9 Å². The maximum absolute atomic E-state index is 12.6. The molecule has 2 atom stereocenters. The zero-order valence-corrected chi connectivity index (χ0v) is 11.4. The quantitative estimate of drug-likeness (QED) is 0.763. The van der Waals surface area contributed by atoms with E-state index in [-0.39, 0.29) is 11.4 Å². The maximum Gasteiger partial charge on any atom is 0.433 e. The molecule has 1 fully saturated rings. The van der Waals surface area contributed by atoms with Gasteiger partial charge in [0.2, 0.25) is 0 Å². The normalized spacial score (nSPS) is 24.3. The van der Waals surface area contributed by atoms with Crippen molar-refractivity contribution in [2.45, 2.75) is 43.3 Å². The Morgan fingerprint density at radius 3 is 2.58 bits per heavy atom. The molecule has 0 saturated heterocycles. The monoisotopic (exact) mass is 292 g/mol. The molecule has 1 heterocycles. The molecular weight excluding hydrogens is 277 g/mol. The Labute approximate surface area is 115 Å². The molecule has 1 aromatic heterocycles. The van der Waals surface area contributed by atoms with E-state index in [1.165, 1.54) is 6.07 Å². The van der Waals surface area contributed by atoms with E-state index in [0.717, 1.165) is 31.7 Å². The number of rotatable bonds is 2. The third-order valence-electron chi connectivity index (χ3n) is 3.53. The molecule has 6 heteroatoms. The lowest BCUT2D eigenvalue weighted by Crippen LogP contribution is -2.41. The van der Waals surface area contributed by atoms with Gasteiger partial charge in [-0.3, -0.25) is 0 Å². The molecular formula is C13H16ClF3N2. The van der Waals surface area contributed by atoms with Crippen molar-refractivity contribution < 1.29 is 13.2 Å². The number of pyridine rings is 1. The largest absolute Gasteiger partial charge is 0.433 e. The number of aromatic nitrogens is 1. The Morgan fingerprint density at radius 1 is 1.26 bits per heavy atom. The second kappa shape index (κ2) is 5.57. The van der Waals surface area contributed by atoms with Gasteiger partial charge in [-0.25, -0.2) is 4.98 Å². The first kappa shape index (κ1) is 14.4. The van der Waals surface area contributed by atoms with Crippen molar-refractivity contribution >= 4 is 17.4 Å². The van der Waals surface area contributed by atoms with Crippen LogP contribution in [0.25, 0.3) is 0 Å². The molecule has 0 radical (unpaired) electrons. The Bertz CT molecular complexity index is 436. The van der Waals surface area contributed by atoms with Crippen LogP contribution >= 0.6 is 11.6 Å². The fourth-order valence-electron chi connectivity index (χ4n) is 2.45. The van der Waals surface area contributed by atoms with Gasteiger partial charge in [0.25, 0.3) is 0 Å². The number of anilines is 1. The van der Waals surface area contributed by atoms with Gasteiger partial charge in [0.05, 0.1) is 5.38 Å². The first-order valence-corrected chi connectivity index (χ1v) is 6.74. The third-order valence-corrected chi connectivity index (χ3v) is 4.04. The van der Waals surface area contributed by atoms with E-state index in [1.54, 1.807) is 18.0 Å². The summed E-state index contributed by atoms with van der Waals surface area (Å²) in [4.78, 5) is 5.47. The van der Waals surface area contributed by atoms with Gasteiger partial charge < -0.3 is 4.90 Å². The second-order valence-electron chi connectivity index (χ2n) is 4.86. The van der Waals surface area contributed by atoms with Crippen molar-refractivity contribution in [3.05, 3.63) is 23.9 Å². The first-order chi connectivity index (χ1) is 8.89. The van der Waals surface area contributed by atoms with E-state index < -0.39 is 11.9 Å². The summed E-state index contributed by atoms with van der Waals surface area (Å²) >= 11 is 6.27. The summed E-state index contributed by atoms with van der Waals surface area (Å²) in [5.74, 6) is 0.326. The van der Waals surface area contributed by atoms with Crippen molar-refractivity contribution in [2.24, 2.45) is 0 Å². The molecule has 1 aromatic rings. The molecule has 106 valence electrons. The minimum absolute atomic E-state index is 0.0323. The van der Waals surface area contributed by atoms with Crippen LogP contribution in [-0.4, -0.2) is 23.5 Å². The average molecular weight is 293 g/mol. The van der Waals surface area contributed by atoms with Crippen molar-refractivity contribution in [1.29, 1.82) is 0 Å². The highest BCUT2D eigenvalue weighted by Gasteiger charge is 2.33. The molecule has 1 aliphatic rings. The van der Waals surface area contributed by atoms with Crippen molar-refractivity contribution in [3.63, 3.8) is 0 Å². The molecule has 2 nitrogen and oxygen atoms in total. The summed E-state index contributed by atoms with van der Waals surface area (Å²) in [5, 5.41) is -0.0323. The standard InChI is InChI=1S/C13H16ClF3N2/c1-19(10-6-3-2-5-9(10)14)12-8-4-7-11(18-12)13(15,16)17/h4,7-10H,2-3,5-6H2,1H3. The number of alkyl halides is 4. The van der Waals surface area contributed by atoms with Gasteiger partial charge in [0.1, 0.15) is 11.5 Å². The fraction of sp³-hybridized carbons (Fsp3) is 0.615. The van der Waals surface area contributed by atoms with E-state index >= 15 is 0 Å². The average Bonchev–Trinajstić information content (AvgIpc) is 2.38. The highest BCUT2D eigenvalue weighted by molar-refractivity contribution is 6.21. The zero-order valence-electron chi connectivity index (χ0n) is 10.6.